The lowest BCUT2D eigenvalue weighted by Crippen LogP contribution is -2.49. The lowest BCUT2D eigenvalue weighted by molar-refractivity contribution is -0.126. The number of aliphatic hydroxyl groups is 1. The van der Waals surface area contributed by atoms with Crippen LogP contribution in [0.3, 0.4) is 0 Å². The van der Waals surface area contributed by atoms with Gasteiger partial charge in [0.25, 0.3) is 5.91 Å². The average molecular weight is 374 g/mol. The lowest BCUT2D eigenvalue weighted by Gasteiger charge is -2.29. The smallest absolute Gasteiger partial charge is 0.273 e. The maximum atomic E-state index is 12.8. The molecule has 0 bridgehead atoms. The Hall–Kier alpha value is -2.15. The topological polar surface area (TPSA) is 94.6 Å². The molecule has 148 valence electrons. The number of nitrogens with one attached hydrogen (secondary N) is 2. The number of fused-ring (bicyclic) bond motifs is 1. The molecule has 2 amide bonds. The molecule has 2 aliphatic rings. The molecular weight excluding hydrogens is 344 g/mol. The van der Waals surface area contributed by atoms with Gasteiger partial charge in [-0.25, -0.2) is 4.98 Å². The summed E-state index contributed by atoms with van der Waals surface area (Å²) >= 11 is 0. The van der Waals surface area contributed by atoms with Crippen LogP contribution in [0.25, 0.3) is 0 Å². The molecule has 0 spiro atoms. The van der Waals surface area contributed by atoms with E-state index >= 15 is 0 Å². The highest BCUT2D eigenvalue weighted by Gasteiger charge is 2.36. The average Bonchev–Trinajstić information content (AvgIpc) is 2.97. The molecule has 0 saturated heterocycles. The Morgan fingerprint density at radius 3 is 2.63 bits per heavy atom. The molecule has 0 unspecified atom stereocenters. The fourth-order valence-electron chi connectivity index (χ4n) is 3.60. The van der Waals surface area contributed by atoms with Gasteiger partial charge in [0.15, 0.2) is 0 Å². The van der Waals surface area contributed by atoms with E-state index in [-0.39, 0.29) is 24.0 Å². The predicted molar refractivity (Wildman–Crippen MR) is 103 cm³/mol. The maximum Gasteiger partial charge on any atom is 0.273 e. The first-order valence-corrected chi connectivity index (χ1v) is 9.88. The van der Waals surface area contributed by atoms with Crippen LogP contribution in [0.5, 0.6) is 0 Å². The minimum atomic E-state index is -0.550. The van der Waals surface area contributed by atoms with Crippen LogP contribution < -0.4 is 10.6 Å². The zero-order valence-corrected chi connectivity index (χ0v) is 16.4. The van der Waals surface area contributed by atoms with Gasteiger partial charge in [-0.2, -0.15) is 0 Å². The third kappa shape index (κ3) is 4.58. The number of hydrogen-bond donors (Lipinski definition) is 3. The normalized spacial score (nSPS) is 23.3. The van der Waals surface area contributed by atoms with Gasteiger partial charge in [0.05, 0.1) is 6.10 Å². The van der Waals surface area contributed by atoms with Gasteiger partial charge in [0.1, 0.15) is 17.6 Å². The number of aromatic nitrogens is 1. The number of carbonyl (C=O) groups is 2. The number of nitrogens with zero attached hydrogens (tertiary/aromatic N) is 2. The monoisotopic (exact) mass is 374 g/mol. The third-order valence-electron chi connectivity index (χ3n) is 5.36. The molecule has 3 N–H and O–H groups in total. The second-order valence-electron chi connectivity index (χ2n) is 8.10. The Balaban J connectivity index is 1.61. The maximum absolute atomic E-state index is 12.8. The van der Waals surface area contributed by atoms with E-state index in [0.717, 1.165) is 24.9 Å². The predicted octanol–water partition coefficient (Wildman–Crippen LogP) is 1.91. The van der Waals surface area contributed by atoms with Gasteiger partial charge in [-0.3, -0.25) is 9.59 Å². The Labute approximate surface area is 160 Å². The minimum absolute atomic E-state index is 0.0772. The summed E-state index contributed by atoms with van der Waals surface area (Å²) < 4.78 is 0. The molecule has 1 atom stereocenters. The van der Waals surface area contributed by atoms with E-state index in [9.17, 15) is 14.7 Å². The summed E-state index contributed by atoms with van der Waals surface area (Å²) in [6.45, 7) is 7.18. The summed E-state index contributed by atoms with van der Waals surface area (Å²) in [5.74, 6) is 0.836. The van der Waals surface area contributed by atoms with Gasteiger partial charge >= 0.3 is 0 Å². The van der Waals surface area contributed by atoms with Crippen LogP contribution in [0.4, 0.5) is 5.82 Å². The molecule has 7 heteroatoms. The number of pyridine rings is 1. The first-order valence-electron chi connectivity index (χ1n) is 9.88. The van der Waals surface area contributed by atoms with Crippen LogP contribution in [0.1, 0.15) is 62.5 Å². The molecule has 2 heterocycles. The van der Waals surface area contributed by atoms with Crippen molar-refractivity contribution in [3.05, 3.63) is 23.4 Å². The summed E-state index contributed by atoms with van der Waals surface area (Å²) in [4.78, 5) is 31.5. The Morgan fingerprint density at radius 2 is 1.96 bits per heavy atom. The SMILES string of the molecule is CC(C)CNc1ccc2c(n1)C(=O)N([C@H](C)C(=O)NC1CCC(O)CC1)C2. The second-order valence-corrected chi connectivity index (χ2v) is 8.10. The van der Waals surface area contributed by atoms with Crippen LogP contribution in [-0.4, -0.2) is 51.5 Å². The zero-order chi connectivity index (χ0) is 19.6. The number of carbonyl (C=O) groups excluding carboxylic acids is 2. The van der Waals surface area contributed by atoms with E-state index in [4.69, 9.17) is 0 Å². The van der Waals surface area contributed by atoms with Crippen molar-refractivity contribution in [1.82, 2.24) is 15.2 Å². The molecule has 1 aromatic heterocycles. The van der Waals surface area contributed by atoms with Crippen molar-refractivity contribution in [2.45, 2.75) is 71.2 Å². The van der Waals surface area contributed by atoms with Gasteiger partial charge in [-0.05, 0) is 44.6 Å². The number of aliphatic hydroxyl groups excluding tert-OH is 1. The highest BCUT2D eigenvalue weighted by atomic mass is 16.3. The highest BCUT2D eigenvalue weighted by Crippen LogP contribution is 2.25. The summed E-state index contributed by atoms with van der Waals surface area (Å²) in [5, 5.41) is 15.9. The first-order chi connectivity index (χ1) is 12.8. The minimum Gasteiger partial charge on any atom is -0.393 e. The van der Waals surface area contributed by atoms with Crippen molar-refractivity contribution >= 4 is 17.6 Å². The first kappa shape index (κ1) is 19.6. The Bertz CT molecular complexity index is 698. The number of hydrogen-bond acceptors (Lipinski definition) is 5. The molecular formula is C20H30N4O3. The number of anilines is 1. The molecule has 1 fully saturated rings. The van der Waals surface area contributed by atoms with Crippen molar-refractivity contribution in [3.63, 3.8) is 0 Å². The van der Waals surface area contributed by atoms with Crippen LogP contribution in [0.15, 0.2) is 12.1 Å². The van der Waals surface area contributed by atoms with Crippen molar-refractivity contribution in [2.24, 2.45) is 5.92 Å². The van der Waals surface area contributed by atoms with E-state index in [0.29, 0.717) is 36.8 Å². The van der Waals surface area contributed by atoms with Gasteiger partial charge in [-0.15, -0.1) is 0 Å². The number of rotatable bonds is 6. The third-order valence-corrected chi connectivity index (χ3v) is 5.36. The summed E-state index contributed by atoms with van der Waals surface area (Å²) in [6, 6.07) is 3.32. The molecule has 1 saturated carbocycles. The van der Waals surface area contributed by atoms with Crippen molar-refractivity contribution < 1.29 is 14.7 Å². The van der Waals surface area contributed by atoms with Gasteiger partial charge in [-0.1, -0.05) is 19.9 Å². The Morgan fingerprint density at radius 1 is 1.26 bits per heavy atom. The standard InChI is InChI=1S/C20H30N4O3/c1-12(2)10-21-17-9-4-14-11-24(20(27)18(14)23-17)13(3)19(26)22-15-5-7-16(25)8-6-15/h4,9,12-13,15-16,25H,5-8,10-11H2,1-3H3,(H,21,23)(H,22,26)/t13-,15?,16?/m1/s1. The van der Waals surface area contributed by atoms with E-state index < -0.39 is 6.04 Å². The molecule has 1 aromatic rings. The molecule has 1 aliphatic carbocycles. The highest BCUT2D eigenvalue weighted by molar-refractivity contribution is 5.99. The van der Waals surface area contributed by atoms with Crippen molar-refractivity contribution in [3.8, 4) is 0 Å². The van der Waals surface area contributed by atoms with Gasteiger partial charge in [0, 0.05) is 24.7 Å². The van der Waals surface area contributed by atoms with E-state index in [1.165, 1.54) is 0 Å². The fraction of sp³-hybridized carbons (Fsp3) is 0.650. The molecule has 7 nitrogen and oxygen atoms in total. The molecule has 27 heavy (non-hydrogen) atoms. The molecule has 1 aliphatic heterocycles. The van der Waals surface area contributed by atoms with Crippen LogP contribution in [0.2, 0.25) is 0 Å². The van der Waals surface area contributed by atoms with Crippen molar-refractivity contribution in [1.29, 1.82) is 0 Å². The largest absolute Gasteiger partial charge is 0.393 e. The Kier molecular flexibility index (Phi) is 5.99. The summed E-state index contributed by atoms with van der Waals surface area (Å²) in [7, 11) is 0. The molecule has 3 rings (SSSR count). The van der Waals surface area contributed by atoms with Crippen LogP contribution in [0, 0.1) is 5.92 Å². The fourth-order valence-corrected chi connectivity index (χ4v) is 3.60. The summed E-state index contributed by atoms with van der Waals surface area (Å²) in [6.07, 6.45) is 2.72. The zero-order valence-electron chi connectivity index (χ0n) is 16.4. The lowest BCUT2D eigenvalue weighted by atomic mass is 9.93. The second kappa shape index (κ2) is 8.25. The number of amides is 2. The van der Waals surface area contributed by atoms with E-state index in [1.807, 2.05) is 12.1 Å². The quantitative estimate of drug-likeness (QED) is 0.707. The van der Waals surface area contributed by atoms with E-state index in [1.54, 1.807) is 11.8 Å². The van der Waals surface area contributed by atoms with Gasteiger partial charge in [0.2, 0.25) is 5.91 Å². The molecule has 0 aromatic carbocycles. The van der Waals surface area contributed by atoms with Crippen molar-refractivity contribution in [2.75, 3.05) is 11.9 Å². The van der Waals surface area contributed by atoms with Crippen LogP contribution in [-0.2, 0) is 11.3 Å². The van der Waals surface area contributed by atoms with Crippen LogP contribution >= 0.6 is 0 Å². The van der Waals surface area contributed by atoms with E-state index in [2.05, 4.69) is 29.5 Å². The summed E-state index contributed by atoms with van der Waals surface area (Å²) in [5.41, 5.74) is 1.29. The molecule has 0 radical (unpaired) electrons. The van der Waals surface area contributed by atoms with Gasteiger partial charge < -0.3 is 20.6 Å².